The summed E-state index contributed by atoms with van der Waals surface area (Å²) in [4.78, 5) is 12.1. The van der Waals surface area contributed by atoms with Crippen molar-refractivity contribution in [2.45, 2.75) is 11.8 Å². The predicted octanol–water partition coefficient (Wildman–Crippen LogP) is 4.87. The third kappa shape index (κ3) is 8.03. The molecule has 0 saturated carbocycles. The Bertz CT molecular complexity index is 1270. The molecule has 0 aliphatic rings. The van der Waals surface area contributed by atoms with Gasteiger partial charge in [0.05, 0.1) is 28.6 Å². The zero-order valence-corrected chi connectivity index (χ0v) is 21.9. The van der Waals surface area contributed by atoms with Crippen LogP contribution in [0.4, 0.5) is 0 Å². The number of nitrogens with zero attached hydrogens (tertiary/aromatic N) is 4. The smallest absolute Gasteiger partial charge is 0.277 e. The van der Waals surface area contributed by atoms with E-state index < -0.39 is 0 Å². The van der Waals surface area contributed by atoms with Gasteiger partial charge in [0.25, 0.3) is 17.0 Å². The Morgan fingerprint density at radius 1 is 1.29 bits per heavy atom. The molecule has 0 radical (unpaired) electrons. The van der Waals surface area contributed by atoms with Gasteiger partial charge in [0.1, 0.15) is 11.8 Å². The summed E-state index contributed by atoms with van der Waals surface area (Å²) in [5, 5.41) is 21.4. The average molecular weight is 601 g/mol. The van der Waals surface area contributed by atoms with Gasteiger partial charge in [-0.2, -0.15) is 10.4 Å². The Balaban J connectivity index is 1.47. The Morgan fingerprint density at radius 3 is 2.86 bits per heavy atom. The van der Waals surface area contributed by atoms with Crippen LogP contribution in [0.15, 0.2) is 49.5 Å². The standard InChI is InChI=1S/C21H16BrCl2N5O5S/c1-31-17-7-12(6-14(22)20(17)32-5-4-25)9-26-27-18(30)11-35-21-29-28-19(34-21)10-33-16-3-2-13(23)8-15(16)24/h2-3,6-9H,5,10-11H2,1H3,(H,27,30)/b26-9-. The highest BCUT2D eigenvalue weighted by Gasteiger charge is 2.13. The number of hydrazone groups is 1. The Kier molecular flexibility index (Phi) is 10.0. The van der Waals surface area contributed by atoms with E-state index in [1.54, 1.807) is 30.3 Å². The molecule has 0 atom stereocenters. The summed E-state index contributed by atoms with van der Waals surface area (Å²) in [6, 6.07) is 10.1. The van der Waals surface area contributed by atoms with Crippen LogP contribution in [0.3, 0.4) is 0 Å². The van der Waals surface area contributed by atoms with Crippen LogP contribution in [-0.2, 0) is 11.4 Å². The van der Waals surface area contributed by atoms with Crippen molar-refractivity contribution in [3.63, 3.8) is 0 Å². The van der Waals surface area contributed by atoms with E-state index in [1.807, 2.05) is 6.07 Å². The number of carbonyl (C=O) groups excluding carboxylic acids is 1. The van der Waals surface area contributed by atoms with Gasteiger partial charge in [0.2, 0.25) is 0 Å². The average Bonchev–Trinajstić information content (AvgIpc) is 3.29. The summed E-state index contributed by atoms with van der Waals surface area (Å²) in [5.74, 6) is 1.07. The second-order valence-electron chi connectivity index (χ2n) is 6.39. The molecule has 1 heterocycles. The molecular formula is C21H16BrCl2N5O5S. The summed E-state index contributed by atoms with van der Waals surface area (Å²) in [5.41, 5.74) is 3.04. The lowest BCUT2D eigenvalue weighted by Crippen LogP contribution is -2.19. The topological polar surface area (TPSA) is 132 Å². The van der Waals surface area contributed by atoms with Crippen molar-refractivity contribution in [1.29, 1.82) is 5.26 Å². The number of thioether (sulfide) groups is 1. The van der Waals surface area contributed by atoms with Crippen LogP contribution >= 0.6 is 50.9 Å². The number of nitriles is 1. The monoisotopic (exact) mass is 599 g/mol. The molecule has 0 saturated heterocycles. The fourth-order valence-corrected chi connectivity index (χ4v) is 4.09. The molecule has 3 rings (SSSR count). The molecule has 0 aliphatic carbocycles. The Labute approximate surface area is 222 Å². The Morgan fingerprint density at radius 2 is 2.11 bits per heavy atom. The van der Waals surface area contributed by atoms with Gasteiger partial charge >= 0.3 is 0 Å². The molecule has 10 nitrogen and oxygen atoms in total. The van der Waals surface area contributed by atoms with Crippen LogP contribution in [0.25, 0.3) is 0 Å². The maximum absolute atomic E-state index is 12.1. The molecule has 0 spiro atoms. The van der Waals surface area contributed by atoms with Crippen molar-refractivity contribution >= 4 is 63.0 Å². The highest BCUT2D eigenvalue weighted by molar-refractivity contribution is 9.10. The third-order valence-electron chi connectivity index (χ3n) is 3.96. The summed E-state index contributed by atoms with van der Waals surface area (Å²) < 4.78 is 22.2. The number of methoxy groups -OCH3 is 1. The van der Waals surface area contributed by atoms with Crippen molar-refractivity contribution in [3.05, 3.63) is 56.3 Å². The maximum Gasteiger partial charge on any atom is 0.277 e. The lowest BCUT2D eigenvalue weighted by atomic mass is 10.2. The summed E-state index contributed by atoms with van der Waals surface area (Å²) >= 11 is 16.3. The van der Waals surface area contributed by atoms with Crippen molar-refractivity contribution in [3.8, 4) is 23.3 Å². The lowest BCUT2D eigenvalue weighted by Gasteiger charge is -2.11. The van der Waals surface area contributed by atoms with Crippen LogP contribution in [0, 0.1) is 11.3 Å². The molecule has 2 aromatic carbocycles. The van der Waals surface area contributed by atoms with E-state index in [0.717, 1.165) is 11.8 Å². The van der Waals surface area contributed by atoms with Crippen molar-refractivity contribution in [2.75, 3.05) is 19.5 Å². The minimum atomic E-state index is -0.379. The molecule has 35 heavy (non-hydrogen) atoms. The van der Waals surface area contributed by atoms with Crippen LogP contribution in [0.5, 0.6) is 17.2 Å². The maximum atomic E-state index is 12.1. The summed E-state index contributed by atoms with van der Waals surface area (Å²) in [7, 11) is 1.48. The van der Waals surface area contributed by atoms with E-state index in [2.05, 4.69) is 36.7 Å². The fraction of sp³-hybridized carbons (Fsp3) is 0.190. The number of ether oxygens (including phenoxy) is 3. The molecular weight excluding hydrogens is 585 g/mol. The SMILES string of the molecule is COc1cc(/C=N\NC(=O)CSc2nnc(COc3ccc(Cl)cc3Cl)o2)cc(Br)c1OCC#N. The van der Waals surface area contributed by atoms with Gasteiger partial charge in [-0.25, -0.2) is 5.43 Å². The summed E-state index contributed by atoms with van der Waals surface area (Å²) in [6.45, 7) is -0.119. The van der Waals surface area contributed by atoms with E-state index in [9.17, 15) is 4.79 Å². The minimum absolute atomic E-state index is 0.00318. The molecule has 182 valence electrons. The number of hydrogen-bond donors (Lipinski definition) is 1. The molecule has 14 heteroatoms. The van der Waals surface area contributed by atoms with E-state index in [4.69, 9.17) is 47.1 Å². The second kappa shape index (κ2) is 13.2. The first-order valence-corrected chi connectivity index (χ1v) is 12.1. The van der Waals surface area contributed by atoms with E-state index in [-0.39, 0.29) is 36.0 Å². The summed E-state index contributed by atoms with van der Waals surface area (Å²) in [6.07, 6.45) is 1.44. The molecule has 0 unspecified atom stereocenters. The predicted molar refractivity (Wildman–Crippen MR) is 133 cm³/mol. The van der Waals surface area contributed by atoms with E-state index in [0.29, 0.717) is 37.3 Å². The molecule has 0 bridgehead atoms. The first kappa shape index (κ1) is 26.6. The molecule has 0 aliphatic heterocycles. The first-order valence-electron chi connectivity index (χ1n) is 9.61. The van der Waals surface area contributed by atoms with Crippen molar-refractivity contribution in [1.82, 2.24) is 15.6 Å². The number of halogens is 3. The van der Waals surface area contributed by atoms with Gasteiger partial charge in [-0.05, 0) is 51.8 Å². The number of aromatic nitrogens is 2. The van der Waals surface area contributed by atoms with Gasteiger partial charge in [0, 0.05) is 5.02 Å². The highest BCUT2D eigenvalue weighted by Crippen LogP contribution is 2.36. The quantitative estimate of drug-likeness (QED) is 0.186. The van der Waals surface area contributed by atoms with Crippen LogP contribution < -0.4 is 19.6 Å². The van der Waals surface area contributed by atoms with Crippen LogP contribution in [0.2, 0.25) is 10.0 Å². The van der Waals surface area contributed by atoms with Gasteiger partial charge in [-0.15, -0.1) is 10.2 Å². The number of rotatable bonds is 11. The van der Waals surface area contributed by atoms with Crippen LogP contribution in [-0.4, -0.2) is 41.8 Å². The van der Waals surface area contributed by atoms with Gasteiger partial charge in [-0.3, -0.25) is 4.79 Å². The number of benzene rings is 2. The number of amides is 1. The van der Waals surface area contributed by atoms with Crippen molar-refractivity contribution in [2.24, 2.45) is 5.10 Å². The molecule has 1 N–H and O–H groups in total. The van der Waals surface area contributed by atoms with Gasteiger partial charge in [-0.1, -0.05) is 35.0 Å². The number of hydrogen-bond acceptors (Lipinski definition) is 10. The number of nitrogens with one attached hydrogen (secondary N) is 1. The zero-order valence-electron chi connectivity index (χ0n) is 18.0. The first-order chi connectivity index (χ1) is 16.9. The molecule has 0 fully saturated rings. The molecule has 3 aromatic rings. The second-order valence-corrected chi connectivity index (χ2v) is 9.01. The largest absolute Gasteiger partial charge is 0.493 e. The molecule has 1 aromatic heterocycles. The molecule has 1 amide bonds. The van der Waals surface area contributed by atoms with Gasteiger partial charge in [0.15, 0.2) is 24.7 Å². The van der Waals surface area contributed by atoms with Crippen LogP contribution in [0.1, 0.15) is 11.5 Å². The minimum Gasteiger partial charge on any atom is -0.493 e. The normalized spacial score (nSPS) is 10.7. The fourth-order valence-electron chi connectivity index (χ4n) is 2.48. The zero-order chi connectivity index (χ0) is 25.2. The third-order valence-corrected chi connectivity index (χ3v) is 5.89. The highest BCUT2D eigenvalue weighted by atomic mass is 79.9. The van der Waals surface area contributed by atoms with Gasteiger partial charge < -0.3 is 18.6 Å². The van der Waals surface area contributed by atoms with Crippen molar-refractivity contribution < 1.29 is 23.4 Å². The van der Waals surface area contributed by atoms with E-state index in [1.165, 1.54) is 13.3 Å². The lowest BCUT2D eigenvalue weighted by molar-refractivity contribution is -0.118. The Hall–Kier alpha value is -2.98. The number of carbonyl (C=O) groups is 1. The van der Waals surface area contributed by atoms with E-state index >= 15 is 0 Å².